The number of aliphatic carboxylic acids is 1. The summed E-state index contributed by atoms with van der Waals surface area (Å²) in [6, 6.07) is 6.59. The molecule has 8 heteroatoms. The van der Waals surface area contributed by atoms with Crippen LogP contribution < -0.4 is 4.74 Å². The number of ether oxygens (including phenoxy) is 4. The zero-order valence-electron chi connectivity index (χ0n) is 16.5. The Morgan fingerprint density at radius 3 is 2.52 bits per heavy atom. The summed E-state index contributed by atoms with van der Waals surface area (Å²) in [7, 11) is 0. The highest BCUT2D eigenvalue weighted by molar-refractivity contribution is 6.30. The number of hydrogen-bond acceptors (Lipinski definition) is 6. The van der Waals surface area contributed by atoms with Gasteiger partial charge in [0, 0.05) is 23.6 Å². The van der Waals surface area contributed by atoms with Crippen molar-refractivity contribution >= 4 is 23.5 Å². The molecule has 0 aromatic heterocycles. The van der Waals surface area contributed by atoms with Gasteiger partial charge in [0.25, 0.3) is 0 Å². The third-order valence-electron chi connectivity index (χ3n) is 3.46. The highest BCUT2D eigenvalue weighted by Crippen LogP contribution is 2.17. The molecule has 0 saturated carbocycles. The fraction of sp³-hybridized carbons (Fsp3) is 0.429. The summed E-state index contributed by atoms with van der Waals surface area (Å²) in [5, 5.41) is 9.73. The molecule has 0 heterocycles. The van der Waals surface area contributed by atoms with Crippen LogP contribution in [0.1, 0.15) is 20.3 Å². The molecule has 1 aromatic rings. The largest absolute Gasteiger partial charge is 0.479 e. The van der Waals surface area contributed by atoms with E-state index in [9.17, 15) is 9.59 Å². The third kappa shape index (κ3) is 11.2. The predicted molar refractivity (Wildman–Crippen MR) is 108 cm³/mol. The van der Waals surface area contributed by atoms with Gasteiger partial charge in [0.15, 0.2) is 12.7 Å². The maximum atomic E-state index is 11.9. The van der Waals surface area contributed by atoms with Crippen LogP contribution in [0.4, 0.5) is 0 Å². The molecule has 1 atom stereocenters. The maximum absolute atomic E-state index is 11.9. The number of carboxylic acids is 1. The lowest BCUT2D eigenvalue weighted by atomic mass is 10.2. The first-order chi connectivity index (χ1) is 13.9. The number of halogens is 1. The van der Waals surface area contributed by atoms with Crippen LogP contribution in [0.25, 0.3) is 0 Å². The Balaban J connectivity index is 2.37. The minimum atomic E-state index is -1.07. The van der Waals surface area contributed by atoms with Crippen LogP contribution in [0.3, 0.4) is 0 Å². The van der Waals surface area contributed by atoms with Crippen LogP contribution in [0.15, 0.2) is 35.9 Å². The number of carbonyl (C=O) groups excluding carboxylic acids is 1. The Kier molecular flexibility index (Phi) is 12.2. The molecule has 0 radical (unpaired) electrons. The normalized spacial score (nSPS) is 11.9. The van der Waals surface area contributed by atoms with Crippen LogP contribution >= 0.6 is 11.6 Å². The van der Waals surface area contributed by atoms with Gasteiger partial charge >= 0.3 is 11.9 Å². The minimum absolute atomic E-state index is 0.111. The van der Waals surface area contributed by atoms with Crippen molar-refractivity contribution in [1.29, 1.82) is 0 Å². The second kappa shape index (κ2) is 14.5. The number of carboxylic acid groups (broad SMARTS) is 1. The molecule has 0 amide bonds. The maximum Gasteiger partial charge on any atom is 0.347 e. The van der Waals surface area contributed by atoms with Gasteiger partial charge in [-0.15, -0.1) is 0 Å². The van der Waals surface area contributed by atoms with Crippen molar-refractivity contribution in [3.8, 4) is 17.6 Å². The molecule has 0 aliphatic rings. The van der Waals surface area contributed by atoms with Crippen molar-refractivity contribution in [3.63, 3.8) is 0 Å². The number of rotatable bonds is 12. The van der Waals surface area contributed by atoms with E-state index in [1.807, 2.05) is 6.92 Å². The average molecular weight is 425 g/mol. The molecule has 0 spiro atoms. The summed E-state index contributed by atoms with van der Waals surface area (Å²) >= 11 is 5.79. The van der Waals surface area contributed by atoms with Crippen LogP contribution in [-0.4, -0.2) is 56.2 Å². The smallest absolute Gasteiger partial charge is 0.347 e. The fourth-order valence-electron chi connectivity index (χ4n) is 1.96. The minimum Gasteiger partial charge on any atom is -0.479 e. The lowest BCUT2D eigenvalue weighted by Gasteiger charge is -2.12. The molecular formula is C21H25ClO7. The van der Waals surface area contributed by atoms with Crippen molar-refractivity contribution in [1.82, 2.24) is 0 Å². The van der Waals surface area contributed by atoms with Gasteiger partial charge in [-0.25, -0.2) is 9.59 Å². The second-order valence-corrected chi connectivity index (χ2v) is 6.11. The number of hydrogen-bond donors (Lipinski definition) is 1. The van der Waals surface area contributed by atoms with E-state index in [1.54, 1.807) is 31.2 Å². The van der Waals surface area contributed by atoms with E-state index in [4.69, 9.17) is 35.7 Å². The highest BCUT2D eigenvalue weighted by Gasteiger charge is 2.15. The third-order valence-corrected chi connectivity index (χ3v) is 3.71. The first-order valence-electron chi connectivity index (χ1n) is 9.09. The van der Waals surface area contributed by atoms with Crippen molar-refractivity contribution in [2.45, 2.75) is 26.4 Å². The fourth-order valence-corrected chi connectivity index (χ4v) is 2.08. The van der Waals surface area contributed by atoms with Gasteiger partial charge < -0.3 is 24.1 Å². The summed E-state index contributed by atoms with van der Waals surface area (Å²) in [6.07, 6.45) is 0.661. The summed E-state index contributed by atoms with van der Waals surface area (Å²) in [5.41, 5.74) is 0.111. The molecular weight excluding hydrogens is 400 g/mol. The van der Waals surface area contributed by atoms with Gasteiger partial charge in [0.1, 0.15) is 5.75 Å². The molecule has 1 aromatic carbocycles. The second-order valence-electron chi connectivity index (χ2n) is 5.68. The quantitative estimate of drug-likeness (QED) is 0.238. The van der Waals surface area contributed by atoms with Gasteiger partial charge in [0.05, 0.1) is 19.8 Å². The lowest BCUT2D eigenvalue weighted by Crippen LogP contribution is -2.26. The molecule has 1 N–H and O–H groups in total. The van der Waals surface area contributed by atoms with Gasteiger partial charge in [-0.2, -0.15) is 0 Å². The standard InChI is InChI=1S/C21H25ClO7/c1-3-26-14-15-27-13-11-17(20(23)24)6-4-5-12-28-21(25)16(2)29-19-9-7-18(22)8-10-19/h6-10,16H,3,11-15H2,1-2H3,(H,23,24). The Labute approximate surface area is 175 Å². The predicted octanol–water partition coefficient (Wildman–Crippen LogP) is 3.11. The van der Waals surface area contributed by atoms with Crippen molar-refractivity contribution in [3.05, 3.63) is 40.9 Å². The Bertz CT molecular complexity index is 732. The summed E-state index contributed by atoms with van der Waals surface area (Å²) < 4.78 is 20.9. The Hall–Kier alpha value is -2.53. The Morgan fingerprint density at radius 1 is 1.17 bits per heavy atom. The lowest BCUT2D eigenvalue weighted by molar-refractivity contribution is -0.149. The van der Waals surface area contributed by atoms with Crippen molar-refractivity contribution in [2.75, 3.05) is 33.0 Å². The summed E-state index contributed by atoms with van der Waals surface area (Å²) in [5.74, 6) is 3.98. The van der Waals surface area contributed by atoms with Crippen molar-refractivity contribution < 1.29 is 33.6 Å². The van der Waals surface area contributed by atoms with Gasteiger partial charge in [-0.05, 0) is 44.2 Å². The van der Waals surface area contributed by atoms with Crippen molar-refractivity contribution in [2.24, 2.45) is 0 Å². The number of allylic oxidation sites excluding steroid dienone is 1. The van der Waals surface area contributed by atoms with E-state index in [-0.39, 0.29) is 25.2 Å². The van der Waals surface area contributed by atoms with E-state index in [0.29, 0.717) is 30.6 Å². The van der Waals surface area contributed by atoms with E-state index in [2.05, 4.69) is 11.8 Å². The number of esters is 1. The SMILES string of the molecule is CCOCCOCCC(=CC#CCOC(=O)C(C)Oc1ccc(Cl)cc1)C(=O)O. The van der Waals surface area contributed by atoms with E-state index in [1.165, 1.54) is 6.08 Å². The Morgan fingerprint density at radius 2 is 1.86 bits per heavy atom. The van der Waals surface area contributed by atoms with Gasteiger partial charge in [0.2, 0.25) is 0 Å². The number of carbonyl (C=O) groups is 2. The molecule has 158 valence electrons. The molecule has 29 heavy (non-hydrogen) atoms. The van der Waals surface area contributed by atoms with Crippen LogP contribution in [0, 0.1) is 11.8 Å². The molecule has 7 nitrogen and oxygen atoms in total. The van der Waals surface area contributed by atoms with E-state index in [0.717, 1.165) is 0 Å². The zero-order valence-corrected chi connectivity index (χ0v) is 17.2. The van der Waals surface area contributed by atoms with Crippen LogP contribution in [0.2, 0.25) is 5.02 Å². The zero-order chi connectivity index (χ0) is 21.5. The van der Waals surface area contributed by atoms with Gasteiger partial charge in [-0.1, -0.05) is 23.4 Å². The average Bonchev–Trinajstić information content (AvgIpc) is 2.69. The molecule has 0 aliphatic heterocycles. The molecule has 0 bridgehead atoms. The van der Waals surface area contributed by atoms with Crippen LogP contribution in [0.5, 0.6) is 5.75 Å². The summed E-state index contributed by atoms with van der Waals surface area (Å²) in [6.45, 7) is 4.98. The molecule has 0 fully saturated rings. The first kappa shape index (κ1) is 24.5. The first-order valence-corrected chi connectivity index (χ1v) is 9.47. The molecule has 0 saturated heterocycles. The molecule has 0 aliphatic carbocycles. The van der Waals surface area contributed by atoms with Gasteiger partial charge in [-0.3, -0.25) is 0 Å². The summed E-state index contributed by atoms with van der Waals surface area (Å²) in [4.78, 5) is 23.1. The molecule has 1 unspecified atom stereocenters. The molecule has 1 rings (SSSR count). The monoisotopic (exact) mass is 424 g/mol. The number of benzene rings is 1. The highest BCUT2D eigenvalue weighted by atomic mass is 35.5. The van der Waals surface area contributed by atoms with Crippen LogP contribution in [-0.2, 0) is 23.8 Å². The topological polar surface area (TPSA) is 91.3 Å². The van der Waals surface area contributed by atoms with E-state index >= 15 is 0 Å². The van der Waals surface area contributed by atoms with E-state index < -0.39 is 18.0 Å².